The molecule has 0 aromatic heterocycles. The molecule has 0 unspecified atom stereocenters. The Morgan fingerprint density at radius 3 is 2.50 bits per heavy atom. The first-order valence-corrected chi connectivity index (χ1v) is 6.00. The van der Waals surface area contributed by atoms with Gasteiger partial charge in [0.2, 0.25) is 0 Å². The molecule has 2 rings (SSSR count). The second kappa shape index (κ2) is 6.04. The summed E-state index contributed by atoms with van der Waals surface area (Å²) < 4.78 is 13.4. The van der Waals surface area contributed by atoms with Gasteiger partial charge in [0, 0.05) is 10.7 Å². The number of hydrogen-bond acceptors (Lipinski definition) is 2. The standard InChI is InChI=1S/C14H9ClFN3O/c15-9-4-6-10(7-5-9)18-14(20)19-13-3-1-2-12(16)11(13)8-17/h1-7H,(H2,18,19,20). The van der Waals surface area contributed by atoms with Crippen molar-refractivity contribution in [2.45, 2.75) is 0 Å². The fourth-order valence-electron chi connectivity index (χ4n) is 1.56. The minimum absolute atomic E-state index is 0.110. The molecule has 0 heterocycles. The Balaban J connectivity index is 2.11. The molecular weight excluding hydrogens is 281 g/mol. The highest BCUT2D eigenvalue weighted by Crippen LogP contribution is 2.18. The van der Waals surface area contributed by atoms with E-state index in [4.69, 9.17) is 16.9 Å². The zero-order chi connectivity index (χ0) is 14.5. The highest BCUT2D eigenvalue weighted by atomic mass is 35.5. The van der Waals surface area contributed by atoms with Gasteiger partial charge in [0.25, 0.3) is 0 Å². The van der Waals surface area contributed by atoms with E-state index in [1.807, 2.05) is 0 Å². The highest BCUT2D eigenvalue weighted by molar-refractivity contribution is 6.30. The van der Waals surface area contributed by atoms with Gasteiger partial charge in [0.15, 0.2) is 0 Å². The Morgan fingerprint density at radius 1 is 1.15 bits per heavy atom. The van der Waals surface area contributed by atoms with E-state index in [9.17, 15) is 9.18 Å². The predicted molar refractivity (Wildman–Crippen MR) is 75.2 cm³/mol. The Bertz CT molecular complexity index is 680. The lowest BCUT2D eigenvalue weighted by atomic mass is 10.2. The van der Waals surface area contributed by atoms with Crippen molar-refractivity contribution in [3.8, 4) is 6.07 Å². The molecule has 0 saturated carbocycles. The summed E-state index contributed by atoms with van der Waals surface area (Å²) in [6.45, 7) is 0. The van der Waals surface area contributed by atoms with Gasteiger partial charge in [-0.05, 0) is 36.4 Å². The number of carbonyl (C=O) groups excluding carboxylic acids is 1. The first-order valence-electron chi connectivity index (χ1n) is 5.62. The summed E-state index contributed by atoms with van der Waals surface area (Å²) in [5.41, 5.74) is 0.430. The van der Waals surface area contributed by atoms with E-state index in [0.717, 1.165) is 6.07 Å². The first kappa shape index (κ1) is 13.8. The number of carbonyl (C=O) groups is 1. The van der Waals surface area contributed by atoms with Crippen LogP contribution in [0.1, 0.15) is 5.56 Å². The van der Waals surface area contributed by atoms with Crippen LogP contribution in [0.15, 0.2) is 42.5 Å². The molecular formula is C14H9ClFN3O. The van der Waals surface area contributed by atoms with Crippen LogP contribution in [-0.2, 0) is 0 Å². The van der Waals surface area contributed by atoms with Crippen molar-refractivity contribution >= 4 is 29.0 Å². The Morgan fingerprint density at radius 2 is 1.85 bits per heavy atom. The Kier molecular flexibility index (Phi) is 4.18. The normalized spacial score (nSPS) is 9.65. The van der Waals surface area contributed by atoms with Crippen molar-refractivity contribution in [1.82, 2.24) is 0 Å². The van der Waals surface area contributed by atoms with E-state index >= 15 is 0 Å². The number of benzene rings is 2. The van der Waals surface area contributed by atoms with E-state index in [-0.39, 0.29) is 11.3 Å². The van der Waals surface area contributed by atoms with Gasteiger partial charge in [0.1, 0.15) is 17.4 Å². The number of nitrogens with zero attached hydrogens (tertiary/aromatic N) is 1. The number of halogens is 2. The number of amides is 2. The van der Waals surface area contributed by atoms with E-state index in [1.165, 1.54) is 12.1 Å². The second-order valence-corrected chi connectivity index (χ2v) is 4.30. The summed E-state index contributed by atoms with van der Waals surface area (Å²) in [5, 5.41) is 14.4. The van der Waals surface area contributed by atoms with Crippen LogP contribution in [0.4, 0.5) is 20.6 Å². The summed E-state index contributed by atoms with van der Waals surface area (Å²) in [6.07, 6.45) is 0. The molecule has 6 heteroatoms. The van der Waals surface area contributed by atoms with E-state index in [2.05, 4.69) is 10.6 Å². The lowest BCUT2D eigenvalue weighted by Crippen LogP contribution is -2.20. The number of nitriles is 1. The summed E-state index contributed by atoms with van der Waals surface area (Å²) >= 11 is 5.73. The monoisotopic (exact) mass is 289 g/mol. The number of hydrogen-bond donors (Lipinski definition) is 2. The van der Waals surface area contributed by atoms with Gasteiger partial charge in [-0.3, -0.25) is 0 Å². The molecule has 2 amide bonds. The third-order valence-electron chi connectivity index (χ3n) is 2.48. The van der Waals surface area contributed by atoms with Crippen molar-refractivity contribution < 1.29 is 9.18 Å². The van der Waals surface area contributed by atoms with Crippen LogP contribution < -0.4 is 10.6 Å². The average molecular weight is 290 g/mol. The van der Waals surface area contributed by atoms with Crippen molar-refractivity contribution in [2.24, 2.45) is 0 Å². The minimum atomic E-state index is -0.684. The molecule has 0 fully saturated rings. The van der Waals surface area contributed by atoms with Crippen LogP contribution in [0.5, 0.6) is 0 Å². The van der Waals surface area contributed by atoms with Gasteiger partial charge in [0.05, 0.1) is 5.69 Å². The molecule has 0 radical (unpaired) electrons. The quantitative estimate of drug-likeness (QED) is 0.878. The summed E-state index contributed by atoms with van der Waals surface area (Å²) in [4.78, 5) is 11.8. The van der Waals surface area contributed by atoms with Gasteiger partial charge >= 0.3 is 6.03 Å². The predicted octanol–water partition coefficient (Wildman–Crippen LogP) is 3.99. The highest BCUT2D eigenvalue weighted by Gasteiger charge is 2.10. The molecule has 4 nitrogen and oxygen atoms in total. The lowest BCUT2D eigenvalue weighted by Gasteiger charge is -2.09. The van der Waals surface area contributed by atoms with E-state index < -0.39 is 11.8 Å². The van der Waals surface area contributed by atoms with Gasteiger partial charge < -0.3 is 10.6 Å². The van der Waals surface area contributed by atoms with Crippen molar-refractivity contribution in [3.63, 3.8) is 0 Å². The van der Waals surface area contributed by atoms with E-state index in [0.29, 0.717) is 10.7 Å². The largest absolute Gasteiger partial charge is 0.323 e. The molecule has 20 heavy (non-hydrogen) atoms. The molecule has 0 bridgehead atoms. The van der Waals surface area contributed by atoms with E-state index in [1.54, 1.807) is 30.3 Å². The molecule has 0 aliphatic carbocycles. The molecule has 2 N–H and O–H groups in total. The molecule has 0 spiro atoms. The SMILES string of the molecule is N#Cc1c(F)cccc1NC(=O)Nc1ccc(Cl)cc1. The number of urea groups is 1. The maximum Gasteiger partial charge on any atom is 0.323 e. The number of rotatable bonds is 2. The third kappa shape index (κ3) is 3.25. The topological polar surface area (TPSA) is 64.9 Å². The Labute approximate surface area is 119 Å². The molecule has 100 valence electrons. The lowest BCUT2D eigenvalue weighted by molar-refractivity contribution is 0.262. The third-order valence-corrected chi connectivity index (χ3v) is 2.73. The summed E-state index contributed by atoms with van der Waals surface area (Å²) in [6, 6.07) is 11.6. The zero-order valence-electron chi connectivity index (χ0n) is 10.2. The molecule has 0 aliphatic heterocycles. The van der Waals surface area contributed by atoms with Crippen molar-refractivity contribution in [3.05, 3.63) is 58.9 Å². The maximum atomic E-state index is 13.4. The molecule has 0 aliphatic rings. The van der Waals surface area contributed by atoms with Gasteiger partial charge in [-0.1, -0.05) is 17.7 Å². The maximum absolute atomic E-state index is 13.4. The minimum Gasteiger partial charge on any atom is -0.308 e. The fourth-order valence-corrected chi connectivity index (χ4v) is 1.69. The zero-order valence-corrected chi connectivity index (χ0v) is 10.9. The first-order chi connectivity index (χ1) is 9.60. The number of nitrogens with one attached hydrogen (secondary N) is 2. The van der Waals surface area contributed by atoms with Crippen LogP contribution >= 0.6 is 11.6 Å². The molecule has 2 aromatic carbocycles. The van der Waals surface area contributed by atoms with Crippen molar-refractivity contribution in [2.75, 3.05) is 10.6 Å². The summed E-state index contributed by atoms with van der Waals surface area (Å²) in [5.74, 6) is -0.684. The van der Waals surface area contributed by atoms with Crippen LogP contribution in [0, 0.1) is 17.1 Å². The summed E-state index contributed by atoms with van der Waals surface area (Å²) in [7, 11) is 0. The fraction of sp³-hybridized carbons (Fsp3) is 0. The van der Waals surface area contributed by atoms with Crippen LogP contribution in [0.3, 0.4) is 0 Å². The molecule has 0 atom stereocenters. The van der Waals surface area contributed by atoms with Gasteiger partial charge in [-0.2, -0.15) is 5.26 Å². The van der Waals surface area contributed by atoms with Crippen LogP contribution in [-0.4, -0.2) is 6.03 Å². The Hall–Kier alpha value is -2.58. The molecule has 2 aromatic rings. The van der Waals surface area contributed by atoms with Gasteiger partial charge in [-0.15, -0.1) is 0 Å². The number of anilines is 2. The smallest absolute Gasteiger partial charge is 0.308 e. The average Bonchev–Trinajstić information content (AvgIpc) is 2.42. The van der Waals surface area contributed by atoms with Crippen molar-refractivity contribution in [1.29, 1.82) is 5.26 Å². The van der Waals surface area contributed by atoms with Gasteiger partial charge in [-0.25, -0.2) is 9.18 Å². The van der Waals surface area contributed by atoms with Crippen LogP contribution in [0.25, 0.3) is 0 Å². The molecule has 0 saturated heterocycles. The second-order valence-electron chi connectivity index (χ2n) is 3.86. The van der Waals surface area contributed by atoms with Crippen LogP contribution in [0.2, 0.25) is 5.02 Å².